The molecule has 0 spiro atoms. The van der Waals surface area contributed by atoms with Crippen LogP contribution in [0.5, 0.6) is 11.5 Å². The van der Waals surface area contributed by atoms with Gasteiger partial charge in [-0.15, -0.1) is 0 Å². The van der Waals surface area contributed by atoms with Gasteiger partial charge in [-0.2, -0.15) is 0 Å². The zero-order chi connectivity index (χ0) is 25.5. The van der Waals surface area contributed by atoms with Gasteiger partial charge >= 0.3 is 0 Å². The molecule has 0 bridgehead atoms. The van der Waals surface area contributed by atoms with Crippen molar-refractivity contribution in [1.82, 2.24) is 4.90 Å². The molecule has 0 aliphatic carbocycles. The quantitative estimate of drug-likeness (QED) is 0.385. The molecule has 1 aliphatic heterocycles. The topological polar surface area (TPSA) is 114 Å². The van der Waals surface area contributed by atoms with Crippen molar-refractivity contribution in [1.29, 1.82) is 0 Å². The Hall–Kier alpha value is -3.59. The van der Waals surface area contributed by atoms with Gasteiger partial charge in [-0.25, -0.2) is 0 Å². The normalized spacial score (nSPS) is 16.3. The molecule has 1 saturated heterocycles. The molecule has 3 aromatic carbocycles. The number of likely N-dealkylation sites (tertiary alicyclic amines) is 1. The molecule has 8 nitrogen and oxygen atoms in total. The number of nitrogens with two attached hydrogens (primary N) is 1. The molecule has 188 valence electrons. The van der Waals surface area contributed by atoms with E-state index in [0.29, 0.717) is 29.5 Å². The SMILES string of the molecule is NC(=O)c1ccccc1C(=O)Nc1ccccc1OCC(O)CN1CCC(Oc2ccc(Cl)cc2)C1. The van der Waals surface area contributed by atoms with E-state index in [1.165, 1.54) is 12.1 Å². The van der Waals surface area contributed by atoms with E-state index >= 15 is 0 Å². The Bertz CT molecular complexity index is 1200. The molecule has 3 aromatic rings. The molecule has 2 atom stereocenters. The van der Waals surface area contributed by atoms with Gasteiger partial charge in [0.2, 0.25) is 5.91 Å². The summed E-state index contributed by atoms with van der Waals surface area (Å²) in [4.78, 5) is 26.6. The summed E-state index contributed by atoms with van der Waals surface area (Å²) < 4.78 is 11.8. The maximum Gasteiger partial charge on any atom is 0.256 e. The van der Waals surface area contributed by atoms with E-state index in [1.807, 2.05) is 12.1 Å². The van der Waals surface area contributed by atoms with Crippen molar-refractivity contribution < 1.29 is 24.2 Å². The molecule has 0 saturated carbocycles. The van der Waals surface area contributed by atoms with Crippen LogP contribution in [-0.4, -0.2) is 60.3 Å². The highest BCUT2D eigenvalue weighted by atomic mass is 35.5. The number of nitrogens with zero attached hydrogens (tertiary/aromatic N) is 1. The van der Waals surface area contributed by atoms with E-state index in [9.17, 15) is 14.7 Å². The fraction of sp³-hybridized carbons (Fsp3) is 0.259. The molecule has 36 heavy (non-hydrogen) atoms. The highest BCUT2D eigenvalue weighted by Gasteiger charge is 2.26. The van der Waals surface area contributed by atoms with Crippen molar-refractivity contribution in [2.24, 2.45) is 5.73 Å². The maximum atomic E-state index is 12.8. The Kier molecular flexibility index (Phi) is 8.43. The number of anilines is 1. The van der Waals surface area contributed by atoms with Crippen LogP contribution in [0.25, 0.3) is 0 Å². The number of rotatable bonds is 10. The summed E-state index contributed by atoms with van der Waals surface area (Å²) in [5, 5.41) is 14.0. The van der Waals surface area contributed by atoms with E-state index < -0.39 is 17.9 Å². The molecule has 1 fully saturated rings. The van der Waals surface area contributed by atoms with Crippen LogP contribution in [-0.2, 0) is 0 Å². The van der Waals surface area contributed by atoms with E-state index in [2.05, 4.69) is 10.2 Å². The largest absolute Gasteiger partial charge is 0.489 e. The molecule has 0 radical (unpaired) electrons. The number of aliphatic hydroxyl groups is 1. The third kappa shape index (κ3) is 6.75. The number of ether oxygens (including phenoxy) is 2. The van der Waals surface area contributed by atoms with Gasteiger partial charge in [-0.05, 0) is 55.0 Å². The molecule has 2 unspecified atom stereocenters. The predicted octanol–water partition coefficient (Wildman–Crippen LogP) is 3.58. The molecular formula is C27H28ClN3O5. The smallest absolute Gasteiger partial charge is 0.256 e. The van der Waals surface area contributed by atoms with Gasteiger partial charge in [0.15, 0.2) is 0 Å². The second-order valence-electron chi connectivity index (χ2n) is 8.57. The standard InChI is InChI=1S/C27H28ClN3O5/c28-18-9-11-20(12-10-18)36-21-13-14-31(16-21)15-19(32)17-35-25-8-4-3-7-24(25)30-27(34)23-6-2-1-5-22(23)26(29)33/h1-12,19,21,32H,13-17H2,(H2,29,33)(H,30,34). The van der Waals surface area contributed by atoms with Crippen LogP contribution in [0.3, 0.4) is 0 Å². The monoisotopic (exact) mass is 509 g/mol. The zero-order valence-electron chi connectivity index (χ0n) is 19.6. The van der Waals surface area contributed by atoms with Gasteiger partial charge in [0.05, 0.1) is 16.8 Å². The maximum absolute atomic E-state index is 12.8. The van der Waals surface area contributed by atoms with Crippen molar-refractivity contribution in [3.63, 3.8) is 0 Å². The van der Waals surface area contributed by atoms with Crippen molar-refractivity contribution in [2.45, 2.75) is 18.6 Å². The lowest BCUT2D eigenvalue weighted by atomic mass is 10.1. The van der Waals surface area contributed by atoms with Crippen molar-refractivity contribution in [3.8, 4) is 11.5 Å². The Morgan fingerprint density at radius 1 is 1.06 bits per heavy atom. The summed E-state index contributed by atoms with van der Waals surface area (Å²) in [7, 11) is 0. The summed E-state index contributed by atoms with van der Waals surface area (Å²) >= 11 is 5.92. The molecule has 1 aliphatic rings. The van der Waals surface area contributed by atoms with Crippen LogP contribution < -0.4 is 20.5 Å². The lowest BCUT2D eigenvalue weighted by molar-refractivity contribution is 0.0722. The number of carbonyl (C=O) groups excluding carboxylic acids is 2. The summed E-state index contributed by atoms with van der Waals surface area (Å²) in [6.45, 7) is 1.98. The second-order valence-corrected chi connectivity index (χ2v) is 9.00. The van der Waals surface area contributed by atoms with E-state index in [-0.39, 0.29) is 23.8 Å². The Balaban J connectivity index is 1.29. The molecule has 1 heterocycles. The first-order valence-electron chi connectivity index (χ1n) is 11.6. The molecule has 9 heteroatoms. The van der Waals surface area contributed by atoms with Gasteiger partial charge in [0.1, 0.15) is 30.3 Å². The highest BCUT2D eigenvalue weighted by molar-refractivity contribution is 6.30. The average Bonchev–Trinajstić information content (AvgIpc) is 3.31. The fourth-order valence-electron chi connectivity index (χ4n) is 4.08. The third-order valence-corrected chi connectivity index (χ3v) is 6.07. The Morgan fingerprint density at radius 3 is 2.50 bits per heavy atom. The van der Waals surface area contributed by atoms with E-state index in [4.69, 9.17) is 26.8 Å². The lowest BCUT2D eigenvalue weighted by Crippen LogP contribution is -2.35. The van der Waals surface area contributed by atoms with E-state index in [1.54, 1.807) is 48.5 Å². The van der Waals surface area contributed by atoms with Gasteiger partial charge < -0.3 is 25.6 Å². The van der Waals surface area contributed by atoms with Gasteiger partial charge in [-0.1, -0.05) is 35.9 Å². The average molecular weight is 510 g/mol. The molecule has 4 N–H and O–H groups in total. The number of carbonyl (C=O) groups is 2. The number of nitrogens with one attached hydrogen (secondary N) is 1. The Labute approximate surface area is 214 Å². The van der Waals surface area contributed by atoms with Crippen LogP contribution in [0.1, 0.15) is 27.1 Å². The summed E-state index contributed by atoms with van der Waals surface area (Å²) in [6.07, 6.45) is 0.162. The predicted molar refractivity (Wildman–Crippen MR) is 138 cm³/mol. The van der Waals surface area contributed by atoms with Gasteiger partial charge in [0.25, 0.3) is 5.91 Å². The van der Waals surface area contributed by atoms with Crippen LogP contribution in [0.2, 0.25) is 5.02 Å². The minimum atomic E-state index is -0.737. The van der Waals surface area contributed by atoms with Gasteiger partial charge in [-0.3, -0.25) is 14.5 Å². The van der Waals surface area contributed by atoms with E-state index in [0.717, 1.165) is 18.7 Å². The van der Waals surface area contributed by atoms with Crippen LogP contribution in [0, 0.1) is 0 Å². The van der Waals surface area contributed by atoms with Crippen molar-refractivity contribution in [3.05, 3.63) is 88.9 Å². The summed E-state index contributed by atoms with van der Waals surface area (Å²) in [6, 6.07) is 20.5. The molecule has 0 aromatic heterocycles. The highest BCUT2D eigenvalue weighted by Crippen LogP contribution is 2.25. The molecule has 4 rings (SSSR count). The summed E-state index contributed by atoms with van der Waals surface area (Å²) in [5.74, 6) is 0.0139. The fourth-order valence-corrected chi connectivity index (χ4v) is 4.21. The molecular weight excluding hydrogens is 482 g/mol. The number of aliphatic hydroxyl groups excluding tert-OH is 1. The minimum Gasteiger partial charge on any atom is -0.489 e. The van der Waals surface area contributed by atoms with Crippen molar-refractivity contribution in [2.75, 3.05) is 31.6 Å². The zero-order valence-corrected chi connectivity index (χ0v) is 20.4. The number of benzene rings is 3. The number of β-amino-alcohol motifs (C(OH)–C–C–N with tert-alkyl or cyclic N) is 1. The van der Waals surface area contributed by atoms with Crippen molar-refractivity contribution >= 4 is 29.1 Å². The number of hydrogen-bond acceptors (Lipinski definition) is 6. The minimum absolute atomic E-state index is 0.0403. The van der Waals surface area contributed by atoms with Crippen LogP contribution in [0.15, 0.2) is 72.8 Å². The third-order valence-electron chi connectivity index (χ3n) is 5.82. The van der Waals surface area contributed by atoms with Gasteiger partial charge in [0, 0.05) is 24.7 Å². The lowest BCUT2D eigenvalue weighted by Gasteiger charge is -2.21. The molecule has 2 amide bonds. The Morgan fingerprint density at radius 2 is 1.75 bits per heavy atom. The number of halogens is 1. The first kappa shape index (κ1) is 25.5. The first-order chi connectivity index (χ1) is 17.4. The van der Waals surface area contributed by atoms with Crippen LogP contribution >= 0.6 is 11.6 Å². The number of para-hydroxylation sites is 2. The number of hydrogen-bond donors (Lipinski definition) is 3. The second kappa shape index (κ2) is 11.9. The number of primary amides is 1. The van der Waals surface area contributed by atoms with Crippen LogP contribution in [0.4, 0.5) is 5.69 Å². The summed E-state index contributed by atoms with van der Waals surface area (Å²) in [5.41, 5.74) is 6.11. The first-order valence-corrected chi connectivity index (χ1v) is 12.0. The number of amides is 2.